The normalized spacial score (nSPS) is 17.8. The van der Waals surface area contributed by atoms with Crippen molar-refractivity contribution in [3.8, 4) is 0 Å². The molecule has 0 saturated carbocycles. The summed E-state index contributed by atoms with van der Waals surface area (Å²) in [6.45, 7) is 4.12. The van der Waals surface area contributed by atoms with Crippen molar-refractivity contribution in [3.63, 3.8) is 0 Å². The Labute approximate surface area is 128 Å². The van der Waals surface area contributed by atoms with Crippen LogP contribution in [0.2, 0.25) is 0 Å². The molecule has 1 atom stereocenters. The minimum atomic E-state index is -0.384. The van der Waals surface area contributed by atoms with Crippen LogP contribution >= 0.6 is 0 Å². The Morgan fingerprint density at radius 3 is 2.68 bits per heavy atom. The molecular weight excluding hydrogens is 282 g/mol. The zero-order chi connectivity index (χ0) is 15.7. The summed E-state index contributed by atoms with van der Waals surface area (Å²) in [4.78, 5) is 26.0. The molecule has 6 nitrogen and oxygen atoms in total. The molecule has 1 aliphatic heterocycles. The van der Waals surface area contributed by atoms with E-state index in [1.54, 1.807) is 17.9 Å². The molecule has 1 fully saturated rings. The van der Waals surface area contributed by atoms with Gasteiger partial charge in [-0.05, 0) is 26.0 Å². The lowest BCUT2D eigenvalue weighted by Gasteiger charge is -2.16. The van der Waals surface area contributed by atoms with Gasteiger partial charge in [0.15, 0.2) is 5.82 Å². The zero-order valence-electron chi connectivity index (χ0n) is 12.5. The lowest BCUT2D eigenvalue weighted by Crippen LogP contribution is -2.28. The molecule has 0 radical (unpaired) electrons. The number of amides is 2. The first kappa shape index (κ1) is 14.3. The average molecular weight is 299 g/mol. The molecule has 0 spiro atoms. The molecule has 1 aromatic carbocycles. The van der Waals surface area contributed by atoms with E-state index in [0.717, 1.165) is 11.3 Å². The number of nitrogens with zero attached hydrogens (tertiary/aromatic N) is 2. The molecule has 6 heteroatoms. The molecule has 0 bridgehead atoms. The molecule has 2 heterocycles. The number of benzene rings is 1. The molecule has 1 aliphatic rings. The van der Waals surface area contributed by atoms with Gasteiger partial charge in [0.1, 0.15) is 5.76 Å². The summed E-state index contributed by atoms with van der Waals surface area (Å²) in [7, 11) is 0. The van der Waals surface area contributed by atoms with Crippen molar-refractivity contribution >= 4 is 23.3 Å². The number of hydrogen-bond acceptors (Lipinski definition) is 4. The van der Waals surface area contributed by atoms with E-state index in [9.17, 15) is 9.59 Å². The summed E-state index contributed by atoms with van der Waals surface area (Å²) in [6, 6.07) is 9.35. The van der Waals surface area contributed by atoms with Gasteiger partial charge in [0.25, 0.3) is 0 Å². The first-order chi connectivity index (χ1) is 10.5. The maximum Gasteiger partial charge on any atom is 0.231 e. The number of rotatable bonds is 3. The van der Waals surface area contributed by atoms with Crippen LogP contribution in [0.25, 0.3) is 0 Å². The summed E-state index contributed by atoms with van der Waals surface area (Å²) < 4.78 is 4.91. The minimum Gasteiger partial charge on any atom is -0.360 e. The Morgan fingerprint density at radius 1 is 1.32 bits per heavy atom. The third-order valence-corrected chi connectivity index (χ3v) is 3.72. The van der Waals surface area contributed by atoms with Gasteiger partial charge in [-0.3, -0.25) is 9.59 Å². The second-order valence-electron chi connectivity index (χ2n) is 5.55. The summed E-state index contributed by atoms with van der Waals surface area (Å²) in [5.74, 6) is 0.366. The van der Waals surface area contributed by atoms with Gasteiger partial charge in [-0.15, -0.1) is 0 Å². The van der Waals surface area contributed by atoms with E-state index in [1.165, 1.54) is 0 Å². The summed E-state index contributed by atoms with van der Waals surface area (Å²) in [5.41, 5.74) is 1.95. The van der Waals surface area contributed by atoms with Crippen molar-refractivity contribution in [2.45, 2.75) is 20.3 Å². The minimum absolute atomic E-state index is 0.0414. The highest BCUT2D eigenvalue weighted by molar-refractivity contribution is 6.03. The molecule has 0 aliphatic carbocycles. The third kappa shape index (κ3) is 2.86. The fourth-order valence-electron chi connectivity index (χ4n) is 2.51. The lowest BCUT2D eigenvalue weighted by molar-refractivity contribution is -0.122. The van der Waals surface area contributed by atoms with E-state index in [2.05, 4.69) is 10.5 Å². The highest BCUT2D eigenvalue weighted by Crippen LogP contribution is 2.26. The quantitative estimate of drug-likeness (QED) is 0.943. The average Bonchev–Trinajstić information content (AvgIpc) is 3.06. The Bertz CT molecular complexity index is 706. The Hall–Kier alpha value is -2.63. The number of hydrogen-bond donors (Lipinski definition) is 1. The fraction of sp³-hybridized carbons (Fsp3) is 0.312. The van der Waals surface area contributed by atoms with Crippen LogP contribution in [0.15, 0.2) is 34.9 Å². The van der Waals surface area contributed by atoms with Crippen LogP contribution < -0.4 is 10.2 Å². The van der Waals surface area contributed by atoms with Gasteiger partial charge in [0, 0.05) is 24.7 Å². The van der Waals surface area contributed by atoms with Crippen LogP contribution in [-0.2, 0) is 9.59 Å². The van der Waals surface area contributed by atoms with Crippen LogP contribution in [-0.4, -0.2) is 23.5 Å². The van der Waals surface area contributed by atoms with Gasteiger partial charge in [0.05, 0.1) is 5.92 Å². The Balaban J connectivity index is 1.68. The number of aryl methyl sites for hydroxylation is 2. The van der Waals surface area contributed by atoms with Crippen LogP contribution in [0, 0.1) is 19.8 Å². The van der Waals surface area contributed by atoms with Crippen molar-refractivity contribution in [3.05, 3.63) is 41.7 Å². The van der Waals surface area contributed by atoms with Crippen molar-refractivity contribution in [2.24, 2.45) is 5.92 Å². The van der Waals surface area contributed by atoms with Crippen molar-refractivity contribution in [2.75, 3.05) is 16.8 Å². The first-order valence-corrected chi connectivity index (χ1v) is 7.14. The number of aromatic nitrogens is 1. The predicted molar refractivity (Wildman–Crippen MR) is 81.5 cm³/mol. The Kier molecular flexibility index (Phi) is 3.66. The van der Waals surface area contributed by atoms with E-state index >= 15 is 0 Å². The van der Waals surface area contributed by atoms with Crippen LogP contribution in [0.4, 0.5) is 11.5 Å². The highest BCUT2D eigenvalue weighted by Gasteiger charge is 2.35. The van der Waals surface area contributed by atoms with E-state index in [4.69, 9.17) is 4.52 Å². The van der Waals surface area contributed by atoms with Gasteiger partial charge < -0.3 is 14.7 Å². The second kappa shape index (κ2) is 5.63. The molecule has 1 aromatic heterocycles. The Morgan fingerprint density at radius 2 is 2.05 bits per heavy atom. The standard InChI is InChI=1S/C16H17N3O3/c1-10-3-5-13(6-4-10)19-9-12(8-15(19)20)16(21)17-14-7-11(2)22-18-14/h3-7,12H,8-9H2,1-2H3,(H,17,18,21)/t12-/m1/s1. The smallest absolute Gasteiger partial charge is 0.231 e. The maximum atomic E-state index is 12.2. The van der Waals surface area contributed by atoms with Gasteiger partial charge in [0.2, 0.25) is 11.8 Å². The maximum absolute atomic E-state index is 12.2. The van der Waals surface area contributed by atoms with Crippen molar-refractivity contribution in [1.82, 2.24) is 5.16 Å². The van der Waals surface area contributed by atoms with Gasteiger partial charge in [-0.2, -0.15) is 0 Å². The lowest BCUT2D eigenvalue weighted by atomic mass is 10.1. The molecular formula is C16H17N3O3. The summed E-state index contributed by atoms with van der Waals surface area (Å²) in [5, 5.41) is 6.41. The van der Waals surface area contributed by atoms with E-state index < -0.39 is 0 Å². The summed E-state index contributed by atoms with van der Waals surface area (Å²) in [6.07, 6.45) is 0.205. The topological polar surface area (TPSA) is 75.4 Å². The van der Waals surface area contributed by atoms with Crippen LogP contribution in [0.5, 0.6) is 0 Å². The molecule has 1 N–H and O–H groups in total. The number of nitrogens with one attached hydrogen (secondary N) is 1. The predicted octanol–water partition coefficient (Wildman–Crippen LogP) is 2.28. The monoisotopic (exact) mass is 299 g/mol. The molecule has 0 unspecified atom stereocenters. The van der Waals surface area contributed by atoms with Crippen molar-refractivity contribution in [1.29, 1.82) is 0 Å². The molecule has 2 aromatic rings. The highest BCUT2D eigenvalue weighted by atomic mass is 16.5. The number of carbonyl (C=O) groups is 2. The van der Waals surface area contributed by atoms with E-state index in [-0.39, 0.29) is 24.2 Å². The van der Waals surface area contributed by atoms with Crippen molar-refractivity contribution < 1.29 is 14.1 Å². The zero-order valence-corrected chi connectivity index (χ0v) is 12.5. The van der Waals surface area contributed by atoms with E-state index in [0.29, 0.717) is 18.1 Å². The molecule has 22 heavy (non-hydrogen) atoms. The molecule has 1 saturated heterocycles. The molecule has 114 valence electrons. The molecule has 2 amide bonds. The first-order valence-electron chi connectivity index (χ1n) is 7.14. The van der Waals surface area contributed by atoms with Crippen LogP contribution in [0.3, 0.4) is 0 Å². The van der Waals surface area contributed by atoms with E-state index in [1.807, 2.05) is 31.2 Å². The number of anilines is 2. The fourth-order valence-corrected chi connectivity index (χ4v) is 2.51. The number of carbonyl (C=O) groups excluding carboxylic acids is 2. The van der Waals surface area contributed by atoms with Gasteiger partial charge in [-0.1, -0.05) is 22.9 Å². The van der Waals surface area contributed by atoms with Gasteiger partial charge >= 0.3 is 0 Å². The SMILES string of the molecule is Cc1ccc(N2C[C@H](C(=O)Nc3cc(C)on3)CC2=O)cc1. The third-order valence-electron chi connectivity index (χ3n) is 3.72. The van der Waals surface area contributed by atoms with Gasteiger partial charge in [-0.25, -0.2) is 0 Å². The second-order valence-corrected chi connectivity index (χ2v) is 5.55. The molecule has 3 rings (SSSR count). The largest absolute Gasteiger partial charge is 0.360 e. The summed E-state index contributed by atoms with van der Waals surface area (Å²) >= 11 is 0. The van der Waals surface area contributed by atoms with Crippen LogP contribution in [0.1, 0.15) is 17.7 Å².